The van der Waals surface area contributed by atoms with E-state index in [0.717, 1.165) is 44.8 Å². The Morgan fingerprint density at radius 3 is 2.05 bits per heavy atom. The molecule has 0 heterocycles. The zero-order valence-electron chi connectivity index (χ0n) is 13.0. The summed E-state index contributed by atoms with van der Waals surface area (Å²) in [7, 11) is 0. The van der Waals surface area contributed by atoms with E-state index in [0.29, 0.717) is 35.3 Å². The fourth-order valence-corrected chi connectivity index (χ4v) is 2.17. The first-order chi connectivity index (χ1) is 10.2. The monoisotopic (exact) mass is 312 g/mol. The third kappa shape index (κ3) is 6.38. The molecule has 0 saturated heterocycles. The molecule has 3 nitrogen and oxygen atoms in total. The van der Waals surface area contributed by atoms with Crippen molar-refractivity contribution in [2.45, 2.75) is 52.4 Å². The van der Waals surface area contributed by atoms with Crippen molar-refractivity contribution < 1.29 is 14.3 Å². The lowest BCUT2D eigenvalue weighted by atomic mass is 10.2. The molecule has 0 amide bonds. The first kappa shape index (κ1) is 17.8. The van der Waals surface area contributed by atoms with Crippen LogP contribution < -0.4 is 9.47 Å². The van der Waals surface area contributed by atoms with Crippen LogP contribution in [-0.2, 0) is 0 Å². The van der Waals surface area contributed by atoms with Gasteiger partial charge in [0.1, 0.15) is 11.5 Å². The highest BCUT2D eigenvalue weighted by molar-refractivity contribution is 6.32. The van der Waals surface area contributed by atoms with E-state index < -0.39 is 0 Å². The van der Waals surface area contributed by atoms with Crippen molar-refractivity contribution >= 4 is 17.9 Å². The second-order valence-electron chi connectivity index (χ2n) is 5.05. The first-order valence-corrected chi connectivity index (χ1v) is 8.15. The molecule has 0 spiro atoms. The van der Waals surface area contributed by atoms with Crippen LogP contribution in [0.1, 0.15) is 62.7 Å². The Morgan fingerprint density at radius 1 is 0.952 bits per heavy atom. The van der Waals surface area contributed by atoms with Crippen LogP contribution in [0.3, 0.4) is 0 Å². The van der Waals surface area contributed by atoms with Gasteiger partial charge in [-0.2, -0.15) is 0 Å². The largest absolute Gasteiger partial charge is 0.493 e. The van der Waals surface area contributed by atoms with Crippen molar-refractivity contribution in [1.29, 1.82) is 0 Å². The van der Waals surface area contributed by atoms with Crippen molar-refractivity contribution in [2.75, 3.05) is 13.2 Å². The number of carbonyl (C=O) groups excluding carboxylic acids is 1. The van der Waals surface area contributed by atoms with Gasteiger partial charge in [-0.1, -0.05) is 51.1 Å². The minimum Gasteiger partial charge on any atom is -0.493 e. The van der Waals surface area contributed by atoms with Gasteiger partial charge < -0.3 is 9.47 Å². The Labute approximate surface area is 132 Å². The van der Waals surface area contributed by atoms with E-state index in [1.54, 1.807) is 12.1 Å². The van der Waals surface area contributed by atoms with E-state index >= 15 is 0 Å². The number of aldehydes is 1. The summed E-state index contributed by atoms with van der Waals surface area (Å²) in [6.07, 6.45) is 7.26. The summed E-state index contributed by atoms with van der Waals surface area (Å²) in [5, 5.41) is 0.453. The summed E-state index contributed by atoms with van der Waals surface area (Å²) in [4.78, 5) is 11.1. The van der Waals surface area contributed by atoms with Gasteiger partial charge in [0.05, 0.1) is 23.8 Å². The molecule has 0 unspecified atom stereocenters. The van der Waals surface area contributed by atoms with Crippen molar-refractivity contribution in [3.8, 4) is 11.5 Å². The van der Waals surface area contributed by atoms with Crippen LogP contribution in [0.15, 0.2) is 12.1 Å². The number of unbranched alkanes of at least 4 members (excludes halogenated alkanes) is 4. The number of hydrogen-bond acceptors (Lipinski definition) is 3. The van der Waals surface area contributed by atoms with E-state index in [1.807, 2.05) is 0 Å². The molecule has 118 valence electrons. The summed E-state index contributed by atoms with van der Waals surface area (Å²) >= 11 is 6.14. The zero-order valence-corrected chi connectivity index (χ0v) is 13.7. The first-order valence-electron chi connectivity index (χ1n) is 7.77. The van der Waals surface area contributed by atoms with Crippen LogP contribution in [0.2, 0.25) is 5.02 Å². The average Bonchev–Trinajstić information content (AvgIpc) is 2.50. The molecule has 0 fully saturated rings. The Balaban J connectivity index is 2.68. The third-order valence-electron chi connectivity index (χ3n) is 3.20. The van der Waals surface area contributed by atoms with Gasteiger partial charge in [0.15, 0.2) is 6.29 Å². The van der Waals surface area contributed by atoms with Crippen molar-refractivity contribution in [3.05, 3.63) is 22.7 Å². The lowest BCUT2D eigenvalue weighted by molar-refractivity contribution is 0.111. The lowest BCUT2D eigenvalue weighted by Gasteiger charge is -2.13. The van der Waals surface area contributed by atoms with Crippen molar-refractivity contribution in [1.82, 2.24) is 0 Å². The van der Waals surface area contributed by atoms with Crippen molar-refractivity contribution in [3.63, 3.8) is 0 Å². The third-order valence-corrected chi connectivity index (χ3v) is 3.50. The van der Waals surface area contributed by atoms with Crippen LogP contribution in [0.25, 0.3) is 0 Å². The van der Waals surface area contributed by atoms with Crippen LogP contribution in [0, 0.1) is 0 Å². The molecule has 0 bridgehead atoms. The molecule has 1 aromatic carbocycles. The van der Waals surface area contributed by atoms with Crippen LogP contribution in [-0.4, -0.2) is 19.5 Å². The fourth-order valence-electron chi connectivity index (χ4n) is 1.95. The molecule has 0 radical (unpaired) electrons. The SMILES string of the molecule is CCCCCOc1cc(OCCCCC)c(C=O)cc1Cl. The number of benzene rings is 1. The predicted octanol–water partition coefficient (Wildman–Crippen LogP) is 5.29. The van der Waals surface area contributed by atoms with E-state index in [1.165, 1.54) is 0 Å². The smallest absolute Gasteiger partial charge is 0.153 e. The van der Waals surface area contributed by atoms with Gasteiger partial charge in [-0.3, -0.25) is 4.79 Å². The normalized spacial score (nSPS) is 10.4. The summed E-state index contributed by atoms with van der Waals surface area (Å²) in [5.41, 5.74) is 0.470. The standard InChI is InChI=1S/C17H25ClO3/c1-3-5-7-9-20-16-12-17(21-10-8-6-4-2)15(18)11-14(16)13-19/h11-13H,3-10H2,1-2H3. The molecule has 0 aliphatic carbocycles. The summed E-state index contributed by atoms with van der Waals surface area (Å²) < 4.78 is 11.4. The molecular formula is C17H25ClO3. The van der Waals surface area contributed by atoms with Crippen LogP contribution in [0.5, 0.6) is 11.5 Å². The molecule has 0 N–H and O–H groups in total. The Morgan fingerprint density at radius 2 is 1.52 bits per heavy atom. The molecule has 21 heavy (non-hydrogen) atoms. The molecule has 1 aromatic rings. The molecule has 0 atom stereocenters. The van der Waals surface area contributed by atoms with Gasteiger partial charge in [0, 0.05) is 6.07 Å². The minimum absolute atomic E-state index is 0.453. The number of hydrogen-bond donors (Lipinski definition) is 0. The van der Waals surface area contributed by atoms with Gasteiger partial charge in [-0.25, -0.2) is 0 Å². The van der Waals surface area contributed by atoms with Gasteiger partial charge in [-0.15, -0.1) is 0 Å². The topological polar surface area (TPSA) is 35.5 Å². The van der Waals surface area contributed by atoms with Crippen molar-refractivity contribution in [2.24, 2.45) is 0 Å². The van der Waals surface area contributed by atoms with Gasteiger partial charge in [0.2, 0.25) is 0 Å². The molecular weight excluding hydrogens is 288 g/mol. The Bertz CT molecular complexity index is 432. The predicted molar refractivity (Wildman–Crippen MR) is 86.9 cm³/mol. The summed E-state index contributed by atoms with van der Waals surface area (Å²) in [6, 6.07) is 3.34. The van der Waals surface area contributed by atoms with Gasteiger partial charge in [0.25, 0.3) is 0 Å². The maximum absolute atomic E-state index is 11.1. The number of ether oxygens (including phenoxy) is 2. The highest BCUT2D eigenvalue weighted by Crippen LogP contribution is 2.32. The number of halogens is 1. The maximum atomic E-state index is 11.1. The average molecular weight is 313 g/mol. The number of carbonyl (C=O) groups is 1. The Hall–Kier alpha value is -1.22. The maximum Gasteiger partial charge on any atom is 0.153 e. The summed E-state index contributed by atoms with van der Waals surface area (Å²) in [6.45, 7) is 5.52. The molecule has 0 aliphatic heterocycles. The minimum atomic E-state index is 0.453. The highest BCUT2D eigenvalue weighted by Gasteiger charge is 2.10. The van der Waals surface area contributed by atoms with E-state index in [-0.39, 0.29) is 0 Å². The highest BCUT2D eigenvalue weighted by atomic mass is 35.5. The molecule has 0 aliphatic rings. The zero-order chi connectivity index (χ0) is 15.5. The van der Waals surface area contributed by atoms with Crippen LogP contribution in [0.4, 0.5) is 0 Å². The second kappa shape index (κ2) is 10.5. The number of rotatable bonds is 11. The lowest BCUT2D eigenvalue weighted by Crippen LogP contribution is -2.02. The quantitative estimate of drug-likeness (QED) is 0.411. The van der Waals surface area contributed by atoms with Gasteiger partial charge >= 0.3 is 0 Å². The molecule has 0 saturated carbocycles. The summed E-state index contributed by atoms with van der Waals surface area (Å²) in [5.74, 6) is 1.14. The van der Waals surface area contributed by atoms with Gasteiger partial charge in [-0.05, 0) is 18.9 Å². The van der Waals surface area contributed by atoms with Crippen LogP contribution >= 0.6 is 11.6 Å². The van der Waals surface area contributed by atoms with E-state index in [2.05, 4.69) is 13.8 Å². The molecule has 0 aromatic heterocycles. The molecule has 1 rings (SSSR count). The van der Waals surface area contributed by atoms with E-state index in [4.69, 9.17) is 21.1 Å². The second-order valence-corrected chi connectivity index (χ2v) is 5.46. The molecule has 4 heteroatoms. The van der Waals surface area contributed by atoms with E-state index in [9.17, 15) is 4.79 Å². The Kier molecular flexibility index (Phi) is 8.91. The fraction of sp³-hybridized carbons (Fsp3) is 0.588.